The van der Waals surface area contributed by atoms with Gasteiger partial charge < -0.3 is 14.2 Å². The van der Waals surface area contributed by atoms with E-state index in [2.05, 4.69) is 0 Å². The lowest BCUT2D eigenvalue weighted by Gasteiger charge is -2.12. The average Bonchev–Trinajstić information content (AvgIpc) is 2.40. The minimum Gasteiger partial charge on any atom is -0.387 e. The summed E-state index contributed by atoms with van der Waals surface area (Å²) in [6, 6.07) is 9.02. The number of rotatable bonds is 3. The topological polar surface area (TPSA) is 64.2 Å². The van der Waals surface area contributed by atoms with E-state index in [0.29, 0.717) is 5.56 Å². The van der Waals surface area contributed by atoms with Gasteiger partial charge in [0, 0.05) is 19.4 Å². The maximum Gasteiger partial charge on any atom is 0.316 e. The van der Waals surface area contributed by atoms with Crippen molar-refractivity contribution in [1.82, 2.24) is 9.13 Å². The summed E-state index contributed by atoms with van der Waals surface area (Å²) in [7, 11) is 1.52. The third-order valence-electron chi connectivity index (χ3n) is 2.79. The van der Waals surface area contributed by atoms with Gasteiger partial charge in [0.15, 0.2) is 0 Å². The predicted molar refractivity (Wildman–Crippen MR) is 67.3 cm³/mol. The minimum absolute atomic E-state index is 0.0684. The summed E-state index contributed by atoms with van der Waals surface area (Å²) < 4.78 is 2.44. The summed E-state index contributed by atoms with van der Waals surface area (Å²) >= 11 is 0. The molecule has 0 saturated heterocycles. The van der Waals surface area contributed by atoms with E-state index in [1.54, 1.807) is 12.1 Å². The highest BCUT2D eigenvalue weighted by atomic mass is 16.3. The molecule has 1 atom stereocenters. The van der Waals surface area contributed by atoms with Gasteiger partial charge in [-0.15, -0.1) is 0 Å². The van der Waals surface area contributed by atoms with Crippen molar-refractivity contribution < 1.29 is 5.11 Å². The first-order valence-electron chi connectivity index (χ1n) is 5.58. The number of aliphatic hydroxyl groups is 1. The van der Waals surface area contributed by atoms with E-state index in [-0.39, 0.29) is 6.54 Å². The van der Waals surface area contributed by atoms with Crippen LogP contribution in [0, 0.1) is 0 Å². The molecule has 0 aliphatic heterocycles. The molecule has 18 heavy (non-hydrogen) atoms. The molecule has 1 aromatic heterocycles. The summed E-state index contributed by atoms with van der Waals surface area (Å²) in [5.41, 5.74) is -0.516. The number of aliphatic hydroxyl groups excluding tert-OH is 1. The Morgan fingerprint density at radius 3 is 2.44 bits per heavy atom. The van der Waals surface area contributed by atoms with Gasteiger partial charge in [0.25, 0.3) is 0 Å². The van der Waals surface area contributed by atoms with Crippen molar-refractivity contribution in [2.45, 2.75) is 12.6 Å². The summed E-state index contributed by atoms with van der Waals surface area (Å²) in [5.74, 6) is 0. The van der Waals surface area contributed by atoms with Crippen molar-refractivity contribution in [2.24, 2.45) is 7.05 Å². The third-order valence-corrected chi connectivity index (χ3v) is 2.79. The maximum absolute atomic E-state index is 11.7. The summed E-state index contributed by atoms with van der Waals surface area (Å²) in [5, 5.41) is 9.99. The molecule has 0 saturated carbocycles. The first-order valence-corrected chi connectivity index (χ1v) is 5.58. The van der Waals surface area contributed by atoms with Gasteiger partial charge in [0.2, 0.25) is 0 Å². The fourth-order valence-electron chi connectivity index (χ4n) is 1.70. The largest absolute Gasteiger partial charge is 0.387 e. The molecule has 0 amide bonds. The Morgan fingerprint density at radius 2 is 1.78 bits per heavy atom. The van der Waals surface area contributed by atoms with Crippen molar-refractivity contribution in [2.75, 3.05) is 0 Å². The fraction of sp³-hybridized carbons (Fsp3) is 0.231. The number of aryl methyl sites for hydroxylation is 1. The van der Waals surface area contributed by atoms with E-state index >= 15 is 0 Å². The lowest BCUT2D eigenvalue weighted by molar-refractivity contribution is 0.154. The zero-order valence-corrected chi connectivity index (χ0v) is 9.98. The lowest BCUT2D eigenvalue weighted by Crippen LogP contribution is -2.40. The van der Waals surface area contributed by atoms with Crippen LogP contribution in [0.15, 0.2) is 52.3 Å². The number of aromatic nitrogens is 2. The van der Waals surface area contributed by atoms with Crippen molar-refractivity contribution in [1.29, 1.82) is 0 Å². The van der Waals surface area contributed by atoms with E-state index in [1.807, 2.05) is 18.2 Å². The molecular formula is C13H14N2O3. The van der Waals surface area contributed by atoms with Gasteiger partial charge in [-0.3, -0.25) is 9.59 Å². The molecular weight excluding hydrogens is 232 g/mol. The average molecular weight is 246 g/mol. The first-order chi connectivity index (χ1) is 8.59. The fourth-order valence-corrected chi connectivity index (χ4v) is 1.70. The Hall–Kier alpha value is -2.14. The molecule has 0 aliphatic rings. The highest BCUT2D eigenvalue weighted by molar-refractivity contribution is 5.17. The second-order valence-corrected chi connectivity index (χ2v) is 4.10. The Labute approximate surface area is 104 Å². The molecule has 1 unspecified atom stereocenters. The quantitative estimate of drug-likeness (QED) is 0.791. The number of hydrogen-bond donors (Lipinski definition) is 1. The van der Waals surface area contributed by atoms with Gasteiger partial charge in [-0.2, -0.15) is 0 Å². The molecule has 0 fully saturated rings. The molecule has 5 nitrogen and oxygen atoms in total. The van der Waals surface area contributed by atoms with Crippen molar-refractivity contribution in [3.05, 3.63) is 69.0 Å². The molecule has 0 bridgehead atoms. The Bertz CT molecular complexity index is 643. The normalized spacial score (nSPS) is 12.3. The highest BCUT2D eigenvalue weighted by Crippen LogP contribution is 2.12. The van der Waals surface area contributed by atoms with Crippen molar-refractivity contribution >= 4 is 0 Å². The molecule has 0 radical (unpaired) electrons. The summed E-state index contributed by atoms with van der Waals surface area (Å²) in [6.07, 6.45) is 2.19. The van der Waals surface area contributed by atoms with E-state index in [1.165, 1.54) is 28.6 Å². The van der Waals surface area contributed by atoms with Crippen LogP contribution in [0.4, 0.5) is 0 Å². The second-order valence-electron chi connectivity index (χ2n) is 4.10. The standard InChI is InChI=1S/C13H14N2O3/c1-14-7-8-15(13(18)12(14)17)9-11(16)10-5-3-2-4-6-10/h2-8,11,16H,9H2,1H3. The molecule has 2 rings (SSSR count). The van der Waals surface area contributed by atoms with E-state index in [9.17, 15) is 14.7 Å². The van der Waals surface area contributed by atoms with Crippen molar-refractivity contribution in [3.8, 4) is 0 Å². The van der Waals surface area contributed by atoms with Crippen LogP contribution in [-0.2, 0) is 13.6 Å². The molecule has 1 heterocycles. The van der Waals surface area contributed by atoms with Crippen LogP contribution in [0.25, 0.3) is 0 Å². The minimum atomic E-state index is -0.809. The third kappa shape index (κ3) is 2.41. The van der Waals surface area contributed by atoms with Crippen LogP contribution in [-0.4, -0.2) is 14.2 Å². The molecule has 94 valence electrons. The first kappa shape index (κ1) is 12.3. The SMILES string of the molecule is Cn1ccn(CC(O)c2ccccc2)c(=O)c1=O. The summed E-state index contributed by atoms with van der Waals surface area (Å²) in [6.45, 7) is 0.0684. The second kappa shape index (κ2) is 5.01. The number of nitrogens with zero attached hydrogens (tertiary/aromatic N) is 2. The molecule has 0 spiro atoms. The van der Waals surface area contributed by atoms with Crippen LogP contribution >= 0.6 is 0 Å². The Kier molecular flexibility index (Phi) is 3.43. The van der Waals surface area contributed by atoms with Gasteiger partial charge in [-0.05, 0) is 5.56 Å². The number of hydrogen-bond acceptors (Lipinski definition) is 3. The van der Waals surface area contributed by atoms with E-state index in [0.717, 1.165) is 0 Å². The van der Waals surface area contributed by atoms with Crippen LogP contribution in [0.5, 0.6) is 0 Å². The monoisotopic (exact) mass is 246 g/mol. The predicted octanol–water partition coefficient (Wildman–Crippen LogP) is 0.281. The van der Waals surface area contributed by atoms with Gasteiger partial charge >= 0.3 is 11.1 Å². The van der Waals surface area contributed by atoms with Crippen LogP contribution in [0.3, 0.4) is 0 Å². The molecule has 2 aromatic rings. The zero-order valence-electron chi connectivity index (χ0n) is 9.98. The van der Waals surface area contributed by atoms with Gasteiger partial charge in [-0.1, -0.05) is 30.3 Å². The van der Waals surface area contributed by atoms with E-state index < -0.39 is 17.2 Å². The molecule has 5 heteroatoms. The van der Waals surface area contributed by atoms with Gasteiger partial charge in [-0.25, -0.2) is 0 Å². The molecule has 0 aliphatic carbocycles. The van der Waals surface area contributed by atoms with Crippen LogP contribution in [0.2, 0.25) is 0 Å². The van der Waals surface area contributed by atoms with Crippen LogP contribution in [0.1, 0.15) is 11.7 Å². The van der Waals surface area contributed by atoms with Gasteiger partial charge in [0.1, 0.15) is 0 Å². The molecule has 1 aromatic carbocycles. The smallest absolute Gasteiger partial charge is 0.316 e. The van der Waals surface area contributed by atoms with Crippen molar-refractivity contribution in [3.63, 3.8) is 0 Å². The highest BCUT2D eigenvalue weighted by Gasteiger charge is 2.10. The summed E-state index contributed by atoms with van der Waals surface area (Å²) in [4.78, 5) is 23.1. The van der Waals surface area contributed by atoms with E-state index in [4.69, 9.17) is 0 Å². The molecule has 1 N–H and O–H groups in total. The lowest BCUT2D eigenvalue weighted by atomic mass is 10.1. The van der Waals surface area contributed by atoms with Crippen LogP contribution < -0.4 is 11.1 Å². The van der Waals surface area contributed by atoms with Gasteiger partial charge in [0.05, 0.1) is 12.6 Å². The Balaban J connectivity index is 2.28. The zero-order chi connectivity index (χ0) is 13.1. The Morgan fingerprint density at radius 1 is 1.11 bits per heavy atom. The number of benzene rings is 1. The maximum atomic E-state index is 11.7.